The Hall–Kier alpha value is -2.18. The van der Waals surface area contributed by atoms with Crippen LogP contribution in [0.15, 0.2) is 42.5 Å². The largest absolute Gasteiger partial charge is 0.490 e. The van der Waals surface area contributed by atoms with Crippen LogP contribution in [0.5, 0.6) is 11.5 Å². The highest BCUT2D eigenvalue weighted by molar-refractivity contribution is 6.30. The zero-order valence-electron chi connectivity index (χ0n) is 13.6. The summed E-state index contributed by atoms with van der Waals surface area (Å²) in [6, 6.07) is 15.1. The van der Waals surface area contributed by atoms with Crippen LogP contribution >= 0.6 is 11.6 Å². The first-order valence-corrected chi connectivity index (χ1v) is 7.84. The number of hydrogen-bond donors (Lipinski definition) is 0. The van der Waals surface area contributed by atoms with Gasteiger partial charge in [0.1, 0.15) is 30.8 Å². The summed E-state index contributed by atoms with van der Waals surface area (Å²) < 4.78 is 11.2. The van der Waals surface area contributed by atoms with E-state index in [2.05, 4.69) is 39.0 Å². The molecule has 4 heteroatoms. The van der Waals surface area contributed by atoms with Crippen LogP contribution in [-0.2, 0) is 5.41 Å². The lowest BCUT2D eigenvalue weighted by atomic mass is 9.87. The molecule has 2 rings (SSSR count). The molecule has 0 fully saturated rings. The fourth-order valence-electron chi connectivity index (χ4n) is 2.08. The number of nitriles is 1. The normalized spacial score (nSPS) is 10.9. The van der Waals surface area contributed by atoms with Gasteiger partial charge in [-0.15, -0.1) is 0 Å². The molecule has 2 aromatic carbocycles. The van der Waals surface area contributed by atoms with Crippen LogP contribution in [0.1, 0.15) is 31.9 Å². The molecule has 0 radical (unpaired) electrons. The minimum atomic E-state index is 0.129. The lowest BCUT2D eigenvalue weighted by Gasteiger charge is -2.19. The van der Waals surface area contributed by atoms with E-state index in [1.807, 2.05) is 12.1 Å². The highest BCUT2D eigenvalue weighted by Gasteiger charge is 2.12. The van der Waals surface area contributed by atoms with E-state index < -0.39 is 0 Å². The standard InChI is InChI=1S/C19H20ClNO2/c1-19(2,3)15-4-7-17(8-5-15)22-10-11-23-18-9-6-16(20)12-14(18)13-21/h4-9,12H,10-11H2,1-3H3. The molecule has 0 aliphatic rings. The van der Waals surface area contributed by atoms with Crippen LogP contribution in [0.2, 0.25) is 5.02 Å². The van der Waals surface area contributed by atoms with E-state index in [-0.39, 0.29) is 5.41 Å². The first-order valence-electron chi connectivity index (χ1n) is 7.46. The van der Waals surface area contributed by atoms with Gasteiger partial charge in [0, 0.05) is 5.02 Å². The van der Waals surface area contributed by atoms with Crippen LogP contribution < -0.4 is 9.47 Å². The minimum Gasteiger partial charge on any atom is -0.490 e. The molecular formula is C19H20ClNO2. The summed E-state index contributed by atoms with van der Waals surface area (Å²) in [5.41, 5.74) is 1.82. The van der Waals surface area contributed by atoms with Gasteiger partial charge in [-0.2, -0.15) is 5.26 Å². The lowest BCUT2D eigenvalue weighted by molar-refractivity contribution is 0.216. The Labute approximate surface area is 142 Å². The van der Waals surface area contributed by atoms with Crippen molar-refractivity contribution in [2.75, 3.05) is 13.2 Å². The van der Waals surface area contributed by atoms with Gasteiger partial charge in [0.25, 0.3) is 0 Å². The van der Waals surface area contributed by atoms with Crippen LogP contribution in [0.25, 0.3) is 0 Å². The zero-order valence-corrected chi connectivity index (χ0v) is 14.4. The van der Waals surface area contributed by atoms with E-state index in [9.17, 15) is 0 Å². The van der Waals surface area contributed by atoms with Crippen LogP contribution in [0, 0.1) is 11.3 Å². The number of ether oxygens (including phenoxy) is 2. The summed E-state index contributed by atoms with van der Waals surface area (Å²) in [7, 11) is 0. The van der Waals surface area contributed by atoms with Crippen molar-refractivity contribution in [1.82, 2.24) is 0 Å². The second-order valence-electron chi connectivity index (χ2n) is 6.22. The Bertz CT molecular complexity index is 697. The predicted octanol–water partition coefficient (Wildman–Crippen LogP) is 4.97. The molecule has 0 unspecified atom stereocenters. The number of rotatable bonds is 5. The van der Waals surface area contributed by atoms with Crippen molar-refractivity contribution in [3.8, 4) is 17.6 Å². The third-order valence-corrected chi connectivity index (χ3v) is 3.63. The Morgan fingerprint density at radius 3 is 2.26 bits per heavy atom. The van der Waals surface area contributed by atoms with Gasteiger partial charge in [0.15, 0.2) is 0 Å². The van der Waals surface area contributed by atoms with Gasteiger partial charge < -0.3 is 9.47 Å². The molecule has 0 saturated heterocycles. The maximum absolute atomic E-state index is 9.05. The number of benzene rings is 2. The molecule has 0 amide bonds. The van der Waals surface area contributed by atoms with E-state index in [1.165, 1.54) is 5.56 Å². The molecule has 0 spiro atoms. The topological polar surface area (TPSA) is 42.2 Å². The quantitative estimate of drug-likeness (QED) is 0.727. The summed E-state index contributed by atoms with van der Waals surface area (Å²) in [5.74, 6) is 1.32. The summed E-state index contributed by atoms with van der Waals surface area (Å²) in [5, 5.41) is 9.57. The molecule has 0 heterocycles. The van der Waals surface area contributed by atoms with Gasteiger partial charge in [-0.3, -0.25) is 0 Å². The maximum atomic E-state index is 9.05. The SMILES string of the molecule is CC(C)(C)c1ccc(OCCOc2ccc(Cl)cc2C#N)cc1. The third kappa shape index (κ3) is 4.91. The van der Waals surface area contributed by atoms with Gasteiger partial charge in [0.05, 0.1) is 5.56 Å². The molecule has 0 aromatic heterocycles. The van der Waals surface area contributed by atoms with Crippen molar-refractivity contribution in [3.63, 3.8) is 0 Å². The Morgan fingerprint density at radius 1 is 1.00 bits per heavy atom. The zero-order chi connectivity index (χ0) is 16.9. The summed E-state index contributed by atoms with van der Waals surface area (Å²) in [6.45, 7) is 7.29. The van der Waals surface area contributed by atoms with Crippen molar-refractivity contribution < 1.29 is 9.47 Å². The molecule has 0 saturated carbocycles. The highest BCUT2D eigenvalue weighted by atomic mass is 35.5. The molecule has 0 aliphatic heterocycles. The van der Waals surface area contributed by atoms with Gasteiger partial charge >= 0.3 is 0 Å². The van der Waals surface area contributed by atoms with E-state index in [1.54, 1.807) is 18.2 Å². The molecule has 0 bridgehead atoms. The molecule has 0 atom stereocenters. The van der Waals surface area contributed by atoms with Crippen molar-refractivity contribution in [1.29, 1.82) is 5.26 Å². The molecule has 120 valence electrons. The Balaban J connectivity index is 1.85. The minimum absolute atomic E-state index is 0.129. The average molecular weight is 330 g/mol. The monoisotopic (exact) mass is 329 g/mol. The maximum Gasteiger partial charge on any atom is 0.137 e. The summed E-state index contributed by atoms with van der Waals surface area (Å²) in [4.78, 5) is 0. The van der Waals surface area contributed by atoms with Crippen molar-refractivity contribution >= 4 is 11.6 Å². The molecule has 0 N–H and O–H groups in total. The molecule has 0 aliphatic carbocycles. The van der Waals surface area contributed by atoms with Crippen molar-refractivity contribution in [2.45, 2.75) is 26.2 Å². The lowest BCUT2D eigenvalue weighted by Crippen LogP contribution is -2.12. The van der Waals surface area contributed by atoms with Crippen molar-refractivity contribution in [3.05, 3.63) is 58.6 Å². The van der Waals surface area contributed by atoms with E-state index in [0.29, 0.717) is 29.5 Å². The first-order chi connectivity index (χ1) is 10.9. The predicted molar refractivity (Wildman–Crippen MR) is 92.3 cm³/mol. The van der Waals surface area contributed by atoms with Gasteiger partial charge in [-0.1, -0.05) is 44.5 Å². The van der Waals surface area contributed by atoms with Gasteiger partial charge in [-0.25, -0.2) is 0 Å². The number of hydrogen-bond acceptors (Lipinski definition) is 3. The van der Waals surface area contributed by atoms with E-state index in [0.717, 1.165) is 5.75 Å². The fourth-order valence-corrected chi connectivity index (χ4v) is 2.25. The van der Waals surface area contributed by atoms with E-state index >= 15 is 0 Å². The smallest absolute Gasteiger partial charge is 0.137 e. The summed E-state index contributed by atoms with van der Waals surface area (Å²) >= 11 is 5.85. The van der Waals surface area contributed by atoms with Crippen LogP contribution in [-0.4, -0.2) is 13.2 Å². The second kappa shape index (κ2) is 7.39. The molecule has 3 nitrogen and oxygen atoms in total. The third-order valence-electron chi connectivity index (χ3n) is 3.39. The average Bonchev–Trinajstić information content (AvgIpc) is 2.52. The fraction of sp³-hybridized carbons (Fsp3) is 0.316. The summed E-state index contributed by atoms with van der Waals surface area (Å²) in [6.07, 6.45) is 0. The Morgan fingerprint density at radius 2 is 1.65 bits per heavy atom. The van der Waals surface area contributed by atoms with Crippen LogP contribution in [0.4, 0.5) is 0 Å². The van der Waals surface area contributed by atoms with E-state index in [4.69, 9.17) is 26.3 Å². The van der Waals surface area contributed by atoms with Gasteiger partial charge in [-0.05, 0) is 41.3 Å². The number of nitrogens with zero attached hydrogens (tertiary/aromatic N) is 1. The number of halogens is 1. The molecule has 23 heavy (non-hydrogen) atoms. The van der Waals surface area contributed by atoms with Gasteiger partial charge in [0.2, 0.25) is 0 Å². The Kier molecular flexibility index (Phi) is 5.52. The van der Waals surface area contributed by atoms with Crippen molar-refractivity contribution in [2.24, 2.45) is 0 Å². The molecule has 2 aromatic rings. The first kappa shape index (κ1) is 17.2. The van der Waals surface area contributed by atoms with Crippen LogP contribution in [0.3, 0.4) is 0 Å². The second-order valence-corrected chi connectivity index (χ2v) is 6.66. The molecular weight excluding hydrogens is 310 g/mol. The highest BCUT2D eigenvalue weighted by Crippen LogP contribution is 2.24.